The van der Waals surface area contributed by atoms with Gasteiger partial charge in [0.2, 0.25) is 0 Å². The molecule has 2 nitrogen and oxygen atoms in total. The maximum atomic E-state index is 9.99. The summed E-state index contributed by atoms with van der Waals surface area (Å²) < 4.78 is 0. The van der Waals surface area contributed by atoms with Crippen LogP contribution >= 0.6 is 0 Å². The van der Waals surface area contributed by atoms with Gasteiger partial charge in [0.05, 0.1) is 0 Å². The summed E-state index contributed by atoms with van der Waals surface area (Å²) in [4.78, 5) is 9.99. The average Bonchev–Trinajstić information content (AvgIpc) is 1.98. The van der Waals surface area contributed by atoms with Crippen molar-refractivity contribution in [2.45, 2.75) is 32.6 Å². The lowest BCUT2D eigenvalue weighted by atomic mass is 9.99. The number of carbonyl (C=O) groups is 1. The molecule has 0 aromatic rings. The fourth-order valence-corrected chi connectivity index (χ4v) is 1.09. The van der Waals surface area contributed by atoms with Gasteiger partial charge in [-0.2, -0.15) is 0 Å². The molecule has 0 heterocycles. The SMILES string of the molecule is CCCC(CN)CCC=O. The second kappa shape index (κ2) is 6.75. The Morgan fingerprint density at radius 2 is 2.20 bits per heavy atom. The van der Waals surface area contributed by atoms with Gasteiger partial charge in [-0.25, -0.2) is 0 Å². The van der Waals surface area contributed by atoms with E-state index in [9.17, 15) is 4.79 Å². The smallest absolute Gasteiger partial charge is 0.120 e. The van der Waals surface area contributed by atoms with Gasteiger partial charge in [0.15, 0.2) is 0 Å². The molecule has 0 aliphatic heterocycles. The minimum absolute atomic E-state index is 0.565. The van der Waals surface area contributed by atoms with Crippen LogP contribution in [0, 0.1) is 5.92 Å². The molecule has 0 bridgehead atoms. The van der Waals surface area contributed by atoms with Gasteiger partial charge in [0.25, 0.3) is 0 Å². The van der Waals surface area contributed by atoms with Gasteiger partial charge in [0, 0.05) is 6.42 Å². The number of carbonyl (C=O) groups excluding carboxylic acids is 1. The van der Waals surface area contributed by atoms with Gasteiger partial charge in [-0.3, -0.25) is 0 Å². The molecule has 0 aliphatic carbocycles. The van der Waals surface area contributed by atoms with Crippen molar-refractivity contribution in [1.82, 2.24) is 0 Å². The topological polar surface area (TPSA) is 43.1 Å². The predicted octanol–water partition coefficient (Wildman–Crippen LogP) is 1.34. The molecule has 0 aliphatic rings. The summed E-state index contributed by atoms with van der Waals surface area (Å²) in [7, 11) is 0. The van der Waals surface area contributed by atoms with Crippen molar-refractivity contribution in [3.05, 3.63) is 0 Å². The van der Waals surface area contributed by atoms with E-state index in [1.165, 1.54) is 6.42 Å². The van der Waals surface area contributed by atoms with E-state index in [1.807, 2.05) is 0 Å². The monoisotopic (exact) mass is 143 g/mol. The summed E-state index contributed by atoms with van der Waals surface area (Å²) >= 11 is 0. The highest BCUT2D eigenvalue weighted by atomic mass is 16.1. The first-order valence-electron chi connectivity index (χ1n) is 3.98. The Morgan fingerprint density at radius 1 is 1.50 bits per heavy atom. The van der Waals surface area contributed by atoms with Crippen LogP contribution in [0.2, 0.25) is 0 Å². The number of hydrogen-bond donors (Lipinski definition) is 1. The standard InChI is InChI=1S/C8H17NO/c1-2-4-8(7-9)5-3-6-10/h6,8H,2-5,7,9H2,1H3. The summed E-state index contributed by atoms with van der Waals surface area (Å²) in [6, 6.07) is 0. The average molecular weight is 143 g/mol. The lowest BCUT2D eigenvalue weighted by molar-refractivity contribution is -0.108. The van der Waals surface area contributed by atoms with Crippen LogP contribution < -0.4 is 5.73 Å². The first-order chi connectivity index (χ1) is 4.85. The van der Waals surface area contributed by atoms with Crippen LogP contribution in [0.4, 0.5) is 0 Å². The molecule has 0 aromatic heterocycles. The van der Waals surface area contributed by atoms with Crippen LogP contribution in [0.1, 0.15) is 32.6 Å². The Balaban J connectivity index is 3.29. The lowest BCUT2D eigenvalue weighted by Gasteiger charge is -2.10. The van der Waals surface area contributed by atoms with E-state index in [2.05, 4.69) is 6.92 Å². The van der Waals surface area contributed by atoms with Crippen molar-refractivity contribution in [2.75, 3.05) is 6.54 Å². The third-order valence-electron chi connectivity index (χ3n) is 1.72. The zero-order valence-electron chi connectivity index (χ0n) is 6.68. The van der Waals surface area contributed by atoms with E-state index >= 15 is 0 Å². The quantitative estimate of drug-likeness (QED) is 0.570. The van der Waals surface area contributed by atoms with Gasteiger partial charge in [-0.15, -0.1) is 0 Å². The maximum Gasteiger partial charge on any atom is 0.120 e. The van der Waals surface area contributed by atoms with E-state index in [1.54, 1.807) is 0 Å². The fraction of sp³-hybridized carbons (Fsp3) is 0.875. The van der Waals surface area contributed by atoms with Crippen molar-refractivity contribution < 1.29 is 4.79 Å². The molecule has 0 spiro atoms. The summed E-state index contributed by atoms with van der Waals surface area (Å²) in [6.45, 7) is 2.87. The molecule has 0 amide bonds. The number of aldehydes is 1. The predicted molar refractivity (Wildman–Crippen MR) is 42.8 cm³/mol. The molecule has 0 aromatic carbocycles. The molecule has 0 fully saturated rings. The highest BCUT2D eigenvalue weighted by molar-refractivity contribution is 5.49. The molecule has 1 unspecified atom stereocenters. The van der Waals surface area contributed by atoms with E-state index in [4.69, 9.17) is 5.73 Å². The van der Waals surface area contributed by atoms with Gasteiger partial charge >= 0.3 is 0 Å². The Hall–Kier alpha value is -0.370. The molecule has 1 atom stereocenters. The highest BCUT2D eigenvalue weighted by Crippen LogP contribution is 2.10. The third-order valence-corrected chi connectivity index (χ3v) is 1.72. The van der Waals surface area contributed by atoms with Gasteiger partial charge < -0.3 is 10.5 Å². The number of rotatable bonds is 6. The Labute approximate surface area is 62.8 Å². The van der Waals surface area contributed by atoms with Crippen molar-refractivity contribution in [1.29, 1.82) is 0 Å². The molecule has 0 rings (SSSR count). The Kier molecular flexibility index (Phi) is 6.50. The second-order valence-electron chi connectivity index (χ2n) is 2.63. The van der Waals surface area contributed by atoms with E-state index in [0.29, 0.717) is 12.3 Å². The lowest BCUT2D eigenvalue weighted by Crippen LogP contribution is -2.14. The molecule has 2 N–H and O–H groups in total. The highest BCUT2D eigenvalue weighted by Gasteiger charge is 2.03. The minimum atomic E-state index is 0.565. The van der Waals surface area contributed by atoms with E-state index in [-0.39, 0.29) is 0 Å². The van der Waals surface area contributed by atoms with Crippen molar-refractivity contribution in [2.24, 2.45) is 11.7 Å². The Bertz CT molecular complexity index is 83.3. The first kappa shape index (κ1) is 9.63. The van der Waals surface area contributed by atoms with Crippen LogP contribution in [-0.2, 0) is 4.79 Å². The zero-order chi connectivity index (χ0) is 7.82. The summed E-state index contributed by atoms with van der Waals surface area (Å²) in [5.74, 6) is 0.565. The minimum Gasteiger partial charge on any atom is -0.330 e. The van der Waals surface area contributed by atoms with E-state index in [0.717, 1.165) is 25.7 Å². The third kappa shape index (κ3) is 4.50. The van der Waals surface area contributed by atoms with Crippen LogP contribution in [0.15, 0.2) is 0 Å². The maximum absolute atomic E-state index is 9.99. The molecule has 0 saturated heterocycles. The van der Waals surface area contributed by atoms with Gasteiger partial charge in [-0.1, -0.05) is 13.3 Å². The number of nitrogens with two attached hydrogens (primary N) is 1. The van der Waals surface area contributed by atoms with Crippen LogP contribution in [0.25, 0.3) is 0 Å². The van der Waals surface area contributed by atoms with Crippen molar-refractivity contribution in [3.8, 4) is 0 Å². The van der Waals surface area contributed by atoms with Crippen LogP contribution in [0.5, 0.6) is 0 Å². The van der Waals surface area contributed by atoms with Crippen molar-refractivity contribution >= 4 is 6.29 Å². The molecule has 10 heavy (non-hydrogen) atoms. The Morgan fingerprint density at radius 3 is 2.60 bits per heavy atom. The largest absolute Gasteiger partial charge is 0.330 e. The molecular formula is C8H17NO. The molecular weight excluding hydrogens is 126 g/mol. The summed E-state index contributed by atoms with van der Waals surface area (Å²) in [5, 5.41) is 0. The molecule has 0 saturated carbocycles. The zero-order valence-corrected chi connectivity index (χ0v) is 6.68. The van der Waals surface area contributed by atoms with Gasteiger partial charge in [-0.05, 0) is 25.3 Å². The summed E-state index contributed by atoms with van der Waals surface area (Å²) in [5.41, 5.74) is 5.48. The molecule has 2 heteroatoms. The normalized spacial score (nSPS) is 13.0. The summed E-state index contributed by atoms with van der Waals surface area (Å²) in [6.07, 6.45) is 4.93. The number of hydrogen-bond acceptors (Lipinski definition) is 2. The fourth-order valence-electron chi connectivity index (χ4n) is 1.09. The van der Waals surface area contributed by atoms with Crippen LogP contribution in [0.3, 0.4) is 0 Å². The van der Waals surface area contributed by atoms with Gasteiger partial charge in [0.1, 0.15) is 6.29 Å². The molecule has 60 valence electrons. The van der Waals surface area contributed by atoms with E-state index < -0.39 is 0 Å². The molecule has 0 radical (unpaired) electrons. The van der Waals surface area contributed by atoms with Crippen LogP contribution in [-0.4, -0.2) is 12.8 Å². The second-order valence-corrected chi connectivity index (χ2v) is 2.63. The van der Waals surface area contributed by atoms with Crippen molar-refractivity contribution in [3.63, 3.8) is 0 Å². The first-order valence-corrected chi connectivity index (χ1v) is 3.98.